The minimum Gasteiger partial charge on any atom is -0.328 e. The Bertz CT molecular complexity index is 107. The van der Waals surface area contributed by atoms with Gasteiger partial charge in [0.15, 0.2) is 0 Å². The third kappa shape index (κ3) is 6.05. The van der Waals surface area contributed by atoms with Gasteiger partial charge in [-0.1, -0.05) is 13.8 Å². The first-order valence-corrected chi connectivity index (χ1v) is 5.61. The van der Waals surface area contributed by atoms with Gasteiger partial charge < -0.3 is 10.6 Å². The molecule has 0 saturated carbocycles. The number of nitrogens with two attached hydrogens (primary N) is 1. The molecule has 0 aliphatic carbocycles. The second kappa shape index (κ2) is 7.34. The van der Waals surface area contributed by atoms with Gasteiger partial charge in [0.1, 0.15) is 0 Å². The van der Waals surface area contributed by atoms with Gasteiger partial charge in [-0.25, -0.2) is 0 Å². The standard InChI is InChI=1S/C11H26N2/c1-5-7-13(8-6-2)11(4)9-10(3)12/h10-11H,5-9,12H2,1-4H3. The van der Waals surface area contributed by atoms with Crippen LogP contribution in [0.5, 0.6) is 0 Å². The third-order valence-corrected chi connectivity index (χ3v) is 2.36. The molecule has 0 aromatic carbocycles. The highest BCUT2D eigenvalue weighted by Gasteiger charge is 2.12. The van der Waals surface area contributed by atoms with Crippen LogP contribution in [0.15, 0.2) is 0 Å². The van der Waals surface area contributed by atoms with Gasteiger partial charge in [0.2, 0.25) is 0 Å². The molecule has 13 heavy (non-hydrogen) atoms. The maximum Gasteiger partial charge on any atom is 0.00815 e. The first kappa shape index (κ1) is 12.9. The van der Waals surface area contributed by atoms with Gasteiger partial charge in [-0.15, -0.1) is 0 Å². The molecule has 0 spiro atoms. The van der Waals surface area contributed by atoms with Gasteiger partial charge in [-0.2, -0.15) is 0 Å². The van der Waals surface area contributed by atoms with Crippen molar-refractivity contribution in [3.63, 3.8) is 0 Å². The highest BCUT2D eigenvalue weighted by Crippen LogP contribution is 2.07. The minimum atomic E-state index is 0.325. The first-order chi connectivity index (χ1) is 6.11. The smallest absolute Gasteiger partial charge is 0.00815 e. The Morgan fingerprint density at radius 3 is 1.85 bits per heavy atom. The molecule has 0 aliphatic rings. The van der Waals surface area contributed by atoms with Gasteiger partial charge in [-0.05, 0) is 46.2 Å². The molecule has 0 aromatic heterocycles. The van der Waals surface area contributed by atoms with Crippen molar-refractivity contribution in [2.24, 2.45) is 5.73 Å². The fourth-order valence-electron chi connectivity index (χ4n) is 1.81. The van der Waals surface area contributed by atoms with Gasteiger partial charge in [-0.3, -0.25) is 0 Å². The lowest BCUT2D eigenvalue weighted by atomic mass is 10.1. The maximum atomic E-state index is 5.80. The predicted octanol–water partition coefficient (Wildman–Crippen LogP) is 2.23. The lowest BCUT2D eigenvalue weighted by Gasteiger charge is -2.29. The third-order valence-electron chi connectivity index (χ3n) is 2.36. The van der Waals surface area contributed by atoms with Crippen LogP contribution in [-0.4, -0.2) is 30.1 Å². The predicted molar refractivity (Wildman–Crippen MR) is 59.9 cm³/mol. The summed E-state index contributed by atoms with van der Waals surface area (Å²) in [5, 5.41) is 0. The Hall–Kier alpha value is -0.0800. The molecule has 2 heteroatoms. The molecule has 2 unspecified atom stereocenters. The zero-order chi connectivity index (χ0) is 10.3. The summed E-state index contributed by atoms with van der Waals surface area (Å²) in [4.78, 5) is 2.54. The lowest BCUT2D eigenvalue weighted by molar-refractivity contribution is 0.194. The van der Waals surface area contributed by atoms with E-state index in [9.17, 15) is 0 Å². The molecule has 2 nitrogen and oxygen atoms in total. The summed E-state index contributed by atoms with van der Waals surface area (Å²) in [6, 6.07) is 0.964. The highest BCUT2D eigenvalue weighted by atomic mass is 15.1. The van der Waals surface area contributed by atoms with E-state index < -0.39 is 0 Å². The van der Waals surface area contributed by atoms with Crippen molar-refractivity contribution in [3.05, 3.63) is 0 Å². The molecule has 2 atom stereocenters. The molecular formula is C11H26N2. The van der Waals surface area contributed by atoms with Crippen molar-refractivity contribution in [2.45, 2.75) is 59.0 Å². The van der Waals surface area contributed by atoms with Crippen LogP contribution in [0.3, 0.4) is 0 Å². The molecule has 0 heterocycles. The van der Waals surface area contributed by atoms with E-state index >= 15 is 0 Å². The first-order valence-electron chi connectivity index (χ1n) is 5.61. The van der Waals surface area contributed by atoms with Crippen LogP contribution in [0.1, 0.15) is 47.0 Å². The van der Waals surface area contributed by atoms with Gasteiger partial charge in [0, 0.05) is 12.1 Å². The van der Waals surface area contributed by atoms with E-state index in [1.54, 1.807) is 0 Å². The van der Waals surface area contributed by atoms with Crippen LogP contribution in [0, 0.1) is 0 Å². The van der Waals surface area contributed by atoms with E-state index in [1.807, 2.05) is 0 Å². The number of nitrogens with zero attached hydrogens (tertiary/aromatic N) is 1. The van der Waals surface area contributed by atoms with E-state index in [0.717, 1.165) is 6.42 Å². The highest BCUT2D eigenvalue weighted by molar-refractivity contribution is 4.70. The Morgan fingerprint density at radius 1 is 1.08 bits per heavy atom. The summed E-state index contributed by atoms with van der Waals surface area (Å²) in [7, 11) is 0. The molecule has 0 rings (SSSR count). The normalized spacial score (nSPS) is 16.2. The van der Waals surface area contributed by atoms with Crippen LogP contribution in [0.2, 0.25) is 0 Å². The van der Waals surface area contributed by atoms with Crippen LogP contribution in [0.25, 0.3) is 0 Å². The van der Waals surface area contributed by atoms with Crippen LogP contribution >= 0.6 is 0 Å². The van der Waals surface area contributed by atoms with Crippen LogP contribution in [-0.2, 0) is 0 Å². The average Bonchev–Trinajstić information content (AvgIpc) is 2.02. The zero-order valence-corrected chi connectivity index (χ0v) is 9.71. The van der Waals surface area contributed by atoms with Gasteiger partial charge in [0.25, 0.3) is 0 Å². The van der Waals surface area contributed by atoms with E-state index in [2.05, 4.69) is 32.6 Å². The second-order valence-electron chi connectivity index (χ2n) is 4.10. The second-order valence-corrected chi connectivity index (χ2v) is 4.10. The summed E-state index contributed by atoms with van der Waals surface area (Å²) in [6.07, 6.45) is 3.59. The largest absolute Gasteiger partial charge is 0.328 e. The van der Waals surface area contributed by atoms with E-state index in [-0.39, 0.29) is 0 Å². The topological polar surface area (TPSA) is 29.3 Å². The average molecular weight is 186 g/mol. The fraction of sp³-hybridized carbons (Fsp3) is 1.00. The summed E-state index contributed by atoms with van der Waals surface area (Å²) in [6.45, 7) is 11.3. The number of hydrogen-bond donors (Lipinski definition) is 1. The van der Waals surface area contributed by atoms with E-state index in [0.29, 0.717) is 12.1 Å². The SMILES string of the molecule is CCCN(CCC)C(C)CC(C)N. The molecule has 0 bridgehead atoms. The number of rotatable bonds is 7. The Morgan fingerprint density at radius 2 is 1.54 bits per heavy atom. The molecular weight excluding hydrogens is 160 g/mol. The van der Waals surface area contributed by atoms with Crippen molar-refractivity contribution < 1.29 is 0 Å². The Kier molecular flexibility index (Phi) is 7.29. The molecule has 80 valence electrons. The molecule has 0 saturated heterocycles. The monoisotopic (exact) mass is 186 g/mol. The lowest BCUT2D eigenvalue weighted by Crippen LogP contribution is -2.38. The van der Waals surface area contributed by atoms with Crippen molar-refractivity contribution in [1.82, 2.24) is 4.90 Å². The van der Waals surface area contributed by atoms with Crippen molar-refractivity contribution in [3.8, 4) is 0 Å². The molecule has 0 radical (unpaired) electrons. The van der Waals surface area contributed by atoms with Crippen LogP contribution < -0.4 is 5.73 Å². The Balaban J connectivity index is 3.86. The summed E-state index contributed by atoms with van der Waals surface area (Å²) < 4.78 is 0. The molecule has 0 aromatic rings. The summed E-state index contributed by atoms with van der Waals surface area (Å²) >= 11 is 0. The Labute approximate surface area is 83.5 Å². The van der Waals surface area contributed by atoms with Gasteiger partial charge in [0.05, 0.1) is 0 Å². The maximum absolute atomic E-state index is 5.80. The van der Waals surface area contributed by atoms with Gasteiger partial charge >= 0.3 is 0 Å². The van der Waals surface area contributed by atoms with E-state index in [4.69, 9.17) is 5.73 Å². The van der Waals surface area contributed by atoms with Crippen molar-refractivity contribution in [2.75, 3.05) is 13.1 Å². The quantitative estimate of drug-likeness (QED) is 0.660. The fourth-order valence-corrected chi connectivity index (χ4v) is 1.81. The molecule has 2 N–H and O–H groups in total. The minimum absolute atomic E-state index is 0.325. The summed E-state index contributed by atoms with van der Waals surface area (Å²) in [5.41, 5.74) is 5.80. The van der Waals surface area contributed by atoms with Crippen LogP contribution in [0.4, 0.5) is 0 Å². The number of hydrogen-bond acceptors (Lipinski definition) is 2. The molecule has 0 fully saturated rings. The van der Waals surface area contributed by atoms with E-state index in [1.165, 1.54) is 25.9 Å². The summed E-state index contributed by atoms with van der Waals surface area (Å²) in [5.74, 6) is 0. The van der Waals surface area contributed by atoms with Crippen molar-refractivity contribution in [1.29, 1.82) is 0 Å². The zero-order valence-electron chi connectivity index (χ0n) is 9.71. The molecule has 0 aliphatic heterocycles. The molecule has 0 amide bonds. The van der Waals surface area contributed by atoms with Crippen molar-refractivity contribution >= 4 is 0 Å².